The second-order valence-electron chi connectivity index (χ2n) is 6.02. The number of hydrogen-bond donors (Lipinski definition) is 2. The number of hydrogen-bond acceptors (Lipinski definition) is 5. The van der Waals surface area contributed by atoms with E-state index in [9.17, 15) is 19.2 Å². The lowest BCUT2D eigenvalue weighted by Crippen LogP contribution is -2.21. The molecule has 2 aromatic rings. The molecule has 0 saturated heterocycles. The molecule has 0 heterocycles. The maximum absolute atomic E-state index is 11.9. The molecule has 2 N–H and O–H groups in total. The molecule has 7 nitrogen and oxygen atoms in total. The van der Waals surface area contributed by atoms with Gasteiger partial charge < -0.3 is 15.4 Å². The van der Waals surface area contributed by atoms with Crippen molar-refractivity contribution < 1.29 is 23.9 Å². The first-order chi connectivity index (χ1) is 13.7. The van der Waals surface area contributed by atoms with Crippen molar-refractivity contribution in [3.8, 4) is 0 Å². The van der Waals surface area contributed by atoms with Crippen LogP contribution in [-0.2, 0) is 19.1 Å². The first kappa shape index (κ1) is 22.4. The maximum Gasteiger partial charge on any atom is 0.306 e. The molecule has 0 aromatic heterocycles. The molecule has 29 heavy (non-hydrogen) atoms. The molecule has 0 aliphatic heterocycles. The van der Waals surface area contributed by atoms with Gasteiger partial charge in [-0.1, -0.05) is 23.2 Å². The molecule has 9 heteroatoms. The number of ketones is 1. The highest BCUT2D eigenvalue weighted by Gasteiger charge is 2.12. The van der Waals surface area contributed by atoms with Crippen molar-refractivity contribution in [1.29, 1.82) is 0 Å². The van der Waals surface area contributed by atoms with Gasteiger partial charge in [0.05, 0.1) is 16.5 Å². The Hall–Kier alpha value is -2.90. The molecule has 2 aromatic carbocycles. The first-order valence-electron chi connectivity index (χ1n) is 8.56. The molecule has 152 valence electrons. The van der Waals surface area contributed by atoms with Crippen molar-refractivity contribution in [3.63, 3.8) is 0 Å². The van der Waals surface area contributed by atoms with Crippen LogP contribution in [0, 0.1) is 0 Å². The van der Waals surface area contributed by atoms with E-state index in [0.717, 1.165) is 0 Å². The predicted octanol–water partition coefficient (Wildman–Crippen LogP) is 4.10. The summed E-state index contributed by atoms with van der Waals surface area (Å²) >= 11 is 11.6. The number of amides is 2. The smallest absolute Gasteiger partial charge is 0.306 e. The highest BCUT2D eigenvalue weighted by atomic mass is 35.5. The van der Waals surface area contributed by atoms with E-state index >= 15 is 0 Å². The molecule has 0 bridgehead atoms. The average molecular weight is 437 g/mol. The Kier molecular flexibility index (Phi) is 8.18. The number of carbonyl (C=O) groups excluding carboxylic acids is 4. The van der Waals surface area contributed by atoms with E-state index in [1.165, 1.54) is 19.1 Å². The van der Waals surface area contributed by atoms with Crippen molar-refractivity contribution in [2.75, 3.05) is 17.2 Å². The first-order valence-corrected chi connectivity index (χ1v) is 9.31. The highest BCUT2D eigenvalue weighted by molar-refractivity contribution is 6.42. The second kappa shape index (κ2) is 10.6. The fraction of sp³-hybridized carbons (Fsp3) is 0.200. The van der Waals surface area contributed by atoms with Gasteiger partial charge in [-0.15, -0.1) is 0 Å². The van der Waals surface area contributed by atoms with Crippen LogP contribution in [0.4, 0.5) is 11.4 Å². The number of ether oxygens (including phenoxy) is 1. The summed E-state index contributed by atoms with van der Waals surface area (Å²) in [7, 11) is 0. The minimum Gasteiger partial charge on any atom is -0.456 e. The van der Waals surface area contributed by atoms with Crippen LogP contribution in [0.15, 0.2) is 42.5 Å². The van der Waals surface area contributed by atoms with E-state index in [4.69, 9.17) is 27.9 Å². The molecule has 2 amide bonds. The van der Waals surface area contributed by atoms with Crippen LogP contribution in [0.25, 0.3) is 0 Å². The number of carbonyl (C=O) groups is 4. The van der Waals surface area contributed by atoms with Crippen molar-refractivity contribution in [3.05, 3.63) is 58.1 Å². The summed E-state index contributed by atoms with van der Waals surface area (Å²) in [6.07, 6.45) is -0.293. The molecular weight excluding hydrogens is 419 g/mol. The Morgan fingerprint density at radius 2 is 1.45 bits per heavy atom. The monoisotopic (exact) mass is 436 g/mol. The molecule has 0 spiro atoms. The number of esters is 1. The summed E-state index contributed by atoms with van der Waals surface area (Å²) in [5.74, 6) is -1.70. The quantitative estimate of drug-likeness (QED) is 0.479. The Morgan fingerprint density at radius 1 is 0.828 bits per heavy atom. The maximum atomic E-state index is 11.9. The van der Waals surface area contributed by atoms with E-state index in [0.29, 0.717) is 22.0 Å². The van der Waals surface area contributed by atoms with Gasteiger partial charge in [0.25, 0.3) is 5.91 Å². The minimum absolute atomic E-state index is 0.0752. The van der Waals surface area contributed by atoms with Crippen molar-refractivity contribution in [2.24, 2.45) is 0 Å². The summed E-state index contributed by atoms with van der Waals surface area (Å²) in [5.41, 5.74) is 1.45. The zero-order valence-electron chi connectivity index (χ0n) is 15.5. The second-order valence-corrected chi connectivity index (χ2v) is 6.83. The Labute approximate surface area is 177 Å². The molecule has 0 atom stereocenters. The van der Waals surface area contributed by atoms with E-state index in [1.54, 1.807) is 30.3 Å². The number of rotatable bonds is 8. The number of nitrogens with one attached hydrogen (secondary N) is 2. The predicted molar refractivity (Wildman–Crippen MR) is 110 cm³/mol. The van der Waals surface area contributed by atoms with E-state index in [-0.39, 0.29) is 23.6 Å². The van der Waals surface area contributed by atoms with Gasteiger partial charge in [0.15, 0.2) is 12.4 Å². The van der Waals surface area contributed by atoms with Gasteiger partial charge in [0.1, 0.15) is 0 Å². The summed E-state index contributed by atoms with van der Waals surface area (Å²) in [5, 5.41) is 5.76. The third-order valence-electron chi connectivity index (χ3n) is 3.70. The van der Waals surface area contributed by atoms with Crippen molar-refractivity contribution in [2.45, 2.75) is 19.8 Å². The largest absolute Gasteiger partial charge is 0.456 e. The van der Waals surface area contributed by atoms with Gasteiger partial charge in [-0.05, 0) is 49.4 Å². The molecule has 0 saturated carbocycles. The van der Waals surface area contributed by atoms with Gasteiger partial charge >= 0.3 is 5.97 Å². The van der Waals surface area contributed by atoms with Gasteiger partial charge in [-0.2, -0.15) is 0 Å². The number of halogens is 2. The van der Waals surface area contributed by atoms with E-state index in [2.05, 4.69) is 10.6 Å². The fourth-order valence-electron chi connectivity index (χ4n) is 2.22. The van der Waals surface area contributed by atoms with E-state index < -0.39 is 24.4 Å². The third-order valence-corrected chi connectivity index (χ3v) is 4.44. The lowest BCUT2D eigenvalue weighted by Gasteiger charge is -2.08. The third kappa shape index (κ3) is 7.56. The summed E-state index contributed by atoms with van der Waals surface area (Å²) in [4.78, 5) is 46.6. The summed E-state index contributed by atoms with van der Waals surface area (Å²) in [6, 6.07) is 10.9. The van der Waals surface area contributed by atoms with Crippen LogP contribution in [-0.4, -0.2) is 30.2 Å². The average Bonchev–Trinajstić information content (AvgIpc) is 2.68. The fourth-order valence-corrected chi connectivity index (χ4v) is 2.51. The number of benzene rings is 2. The van der Waals surface area contributed by atoms with Crippen LogP contribution < -0.4 is 10.6 Å². The minimum atomic E-state index is -0.684. The van der Waals surface area contributed by atoms with Gasteiger partial charge in [-0.3, -0.25) is 19.2 Å². The zero-order chi connectivity index (χ0) is 21.4. The Bertz CT molecular complexity index is 929. The lowest BCUT2D eigenvalue weighted by atomic mass is 10.1. The Balaban J connectivity index is 1.70. The molecule has 2 rings (SSSR count). The standard InChI is InChI=1S/C20H18Cl2N2O5/c1-12(25)13-2-4-14(5-3-13)23-18(26)8-9-20(28)29-11-19(27)24-15-6-7-16(21)17(22)10-15/h2-7,10H,8-9,11H2,1H3,(H,23,26)(H,24,27). The SMILES string of the molecule is CC(=O)c1ccc(NC(=O)CCC(=O)OCC(=O)Nc2ccc(Cl)c(Cl)c2)cc1. The van der Waals surface area contributed by atoms with Crippen LogP contribution in [0.3, 0.4) is 0 Å². The Morgan fingerprint density at radius 3 is 2.07 bits per heavy atom. The summed E-state index contributed by atoms with van der Waals surface area (Å²) in [6.45, 7) is 0.956. The molecule has 0 fully saturated rings. The normalized spacial score (nSPS) is 10.2. The van der Waals surface area contributed by atoms with Gasteiger partial charge in [-0.25, -0.2) is 0 Å². The van der Waals surface area contributed by atoms with Crippen LogP contribution in [0.5, 0.6) is 0 Å². The van der Waals surface area contributed by atoms with Crippen LogP contribution in [0.1, 0.15) is 30.1 Å². The van der Waals surface area contributed by atoms with Crippen LogP contribution >= 0.6 is 23.2 Å². The molecule has 0 radical (unpaired) electrons. The molecular formula is C20H18Cl2N2O5. The molecule has 0 aliphatic rings. The van der Waals surface area contributed by atoms with Gasteiger partial charge in [0.2, 0.25) is 5.91 Å². The lowest BCUT2D eigenvalue weighted by molar-refractivity contribution is -0.147. The number of anilines is 2. The van der Waals surface area contributed by atoms with Crippen LogP contribution in [0.2, 0.25) is 10.0 Å². The van der Waals surface area contributed by atoms with Crippen molar-refractivity contribution >= 4 is 58.1 Å². The molecule has 0 aliphatic carbocycles. The topological polar surface area (TPSA) is 102 Å². The molecule has 0 unspecified atom stereocenters. The van der Waals surface area contributed by atoms with E-state index in [1.807, 2.05) is 0 Å². The zero-order valence-corrected chi connectivity index (χ0v) is 17.0. The number of Topliss-reactive ketones (excluding diaryl/α,β-unsaturated/α-hetero) is 1. The van der Waals surface area contributed by atoms with Gasteiger partial charge in [0, 0.05) is 23.4 Å². The highest BCUT2D eigenvalue weighted by Crippen LogP contribution is 2.24. The van der Waals surface area contributed by atoms with Crippen molar-refractivity contribution in [1.82, 2.24) is 0 Å². The summed E-state index contributed by atoms with van der Waals surface area (Å²) < 4.78 is 4.85.